The van der Waals surface area contributed by atoms with E-state index in [0.29, 0.717) is 24.0 Å². The molecule has 15 nitrogen and oxygen atoms in total. The molecule has 1 spiro atoms. The molecule has 1 aromatic rings. The average Bonchev–Trinajstić information content (AvgIpc) is 3.53. The molecule has 2 saturated heterocycles. The summed E-state index contributed by atoms with van der Waals surface area (Å²) in [6.07, 6.45) is 6.57. The van der Waals surface area contributed by atoms with E-state index < -0.39 is 75.6 Å². The van der Waals surface area contributed by atoms with E-state index in [2.05, 4.69) is 21.9 Å². The van der Waals surface area contributed by atoms with Gasteiger partial charge in [0.05, 0.1) is 13.1 Å². The molecule has 5 atom stereocenters. The molecule has 6 rings (SSSR count). The van der Waals surface area contributed by atoms with Crippen LogP contribution in [0.3, 0.4) is 0 Å². The number of alkyl carbamates (subject to hydrolysis) is 1. The topological polar surface area (TPSA) is 184 Å². The van der Waals surface area contributed by atoms with Gasteiger partial charge in [-0.2, -0.15) is 12.7 Å². The van der Waals surface area contributed by atoms with Crippen LogP contribution in [0.5, 0.6) is 0 Å². The molecule has 5 amide bonds. The molecule has 54 heavy (non-hydrogen) atoms. The molecular weight excluding hydrogens is 724 g/mol. The van der Waals surface area contributed by atoms with E-state index in [1.54, 1.807) is 12.1 Å². The minimum absolute atomic E-state index is 0.00606. The van der Waals surface area contributed by atoms with E-state index in [4.69, 9.17) is 9.47 Å². The molecular formula is C37H51FN6O9S. The molecule has 4 fully saturated rings. The first-order chi connectivity index (χ1) is 25.8. The van der Waals surface area contributed by atoms with Gasteiger partial charge in [0.25, 0.3) is 5.91 Å². The summed E-state index contributed by atoms with van der Waals surface area (Å²) >= 11 is 0. The Hall–Kier alpha value is -4.25. The number of fused-ring (bicyclic) bond motifs is 2. The molecule has 3 heterocycles. The molecule has 2 aliphatic carbocycles. The van der Waals surface area contributed by atoms with E-state index in [9.17, 15) is 36.8 Å². The fourth-order valence-corrected chi connectivity index (χ4v) is 8.97. The van der Waals surface area contributed by atoms with Gasteiger partial charge >= 0.3 is 22.4 Å². The Morgan fingerprint density at radius 1 is 0.981 bits per heavy atom. The van der Waals surface area contributed by atoms with E-state index in [0.717, 1.165) is 55.7 Å². The number of nitrogens with one attached hydrogen (secondary N) is 3. The first-order valence-corrected chi connectivity index (χ1v) is 20.5. The summed E-state index contributed by atoms with van der Waals surface area (Å²) in [7, 11) is -2.85. The molecule has 2 saturated carbocycles. The number of benzene rings is 1. The fraction of sp³-hybridized carbons (Fsp3) is 0.649. The van der Waals surface area contributed by atoms with Crippen molar-refractivity contribution in [1.82, 2.24) is 29.5 Å². The standard InChI is InChI=1S/C37H51FN6O9S/c1-3-25-20-37(25)34(47)41-54(50,51)42(2)18-11-7-5-4-6-8-17-30(39-35(48)52-26-14-9-10-15-26)33(46)44-22-27(19-31(44)32(45)40-37)53-36(49)43-21-24-13-12-16-29(38)28(24)23-43/h3,12-13,16,25-27,30-31H,1,4-11,14-15,17-23H2,2H3,(H,39,48)(H,40,45)(H,41,47)/t25-,27-,30+,31+,37-/m1/s1. The Morgan fingerprint density at radius 3 is 2.39 bits per heavy atom. The number of carbonyl (C=O) groups is 5. The van der Waals surface area contributed by atoms with Gasteiger partial charge in [-0.05, 0) is 56.6 Å². The maximum atomic E-state index is 14.4. The Kier molecular flexibility index (Phi) is 12.1. The highest BCUT2D eigenvalue weighted by molar-refractivity contribution is 7.87. The van der Waals surface area contributed by atoms with Crippen molar-refractivity contribution in [1.29, 1.82) is 0 Å². The van der Waals surface area contributed by atoms with Gasteiger partial charge in [-0.1, -0.05) is 50.3 Å². The van der Waals surface area contributed by atoms with Gasteiger partial charge in [-0.25, -0.2) is 18.7 Å². The van der Waals surface area contributed by atoms with Crippen molar-refractivity contribution in [2.75, 3.05) is 20.1 Å². The predicted octanol–water partition coefficient (Wildman–Crippen LogP) is 3.38. The third kappa shape index (κ3) is 8.82. The van der Waals surface area contributed by atoms with E-state index in [1.165, 1.54) is 29.0 Å². The molecule has 5 aliphatic rings. The SMILES string of the molecule is C=C[C@@H]1C[C@@]12NC(=O)[C@@H]1C[C@@H](OC(=O)N3Cc4cccc(F)c4C3)CN1C(=O)[C@@H](NC(=O)OC1CCCC1)CCCCCCCCN(C)S(=O)(=O)NC2=O. The summed E-state index contributed by atoms with van der Waals surface area (Å²) in [5.41, 5.74) is -0.611. The number of ether oxygens (including phenoxy) is 2. The van der Waals surface area contributed by atoms with Gasteiger partial charge in [0, 0.05) is 38.0 Å². The number of halogens is 1. The van der Waals surface area contributed by atoms with Crippen LogP contribution in [-0.2, 0) is 47.2 Å². The lowest BCUT2D eigenvalue weighted by Gasteiger charge is -2.30. The summed E-state index contributed by atoms with van der Waals surface area (Å²) in [6, 6.07) is 2.30. The number of hydrogen-bond acceptors (Lipinski definition) is 9. The molecule has 296 valence electrons. The quantitative estimate of drug-likeness (QED) is 0.386. The highest BCUT2D eigenvalue weighted by atomic mass is 32.2. The minimum Gasteiger partial charge on any atom is -0.446 e. The third-order valence-electron chi connectivity index (χ3n) is 11.4. The molecule has 0 unspecified atom stereocenters. The van der Waals surface area contributed by atoms with E-state index >= 15 is 0 Å². The summed E-state index contributed by atoms with van der Waals surface area (Å²) in [5.74, 6) is -3.29. The summed E-state index contributed by atoms with van der Waals surface area (Å²) in [5, 5.41) is 5.47. The summed E-state index contributed by atoms with van der Waals surface area (Å²) in [4.78, 5) is 71.4. The van der Waals surface area contributed by atoms with Gasteiger partial charge in [0.15, 0.2) is 0 Å². The van der Waals surface area contributed by atoms with Gasteiger partial charge in [0.2, 0.25) is 11.8 Å². The zero-order chi connectivity index (χ0) is 38.6. The second-order valence-electron chi connectivity index (χ2n) is 15.2. The highest BCUT2D eigenvalue weighted by Gasteiger charge is 2.61. The molecule has 3 N–H and O–H groups in total. The number of carbonyl (C=O) groups excluding carboxylic acids is 5. The second-order valence-corrected chi connectivity index (χ2v) is 16.9. The van der Waals surface area contributed by atoms with Crippen LogP contribution in [0.1, 0.15) is 94.6 Å². The first kappa shape index (κ1) is 39.4. The molecule has 0 aromatic heterocycles. The van der Waals surface area contributed by atoms with Crippen molar-refractivity contribution in [2.45, 2.75) is 126 Å². The summed E-state index contributed by atoms with van der Waals surface area (Å²) in [6.45, 7) is 3.86. The van der Waals surface area contributed by atoms with Crippen molar-refractivity contribution in [2.24, 2.45) is 5.92 Å². The summed E-state index contributed by atoms with van der Waals surface area (Å²) < 4.78 is 55.4. The molecule has 0 radical (unpaired) electrons. The smallest absolute Gasteiger partial charge is 0.410 e. The zero-order valence-corrected chi connectivity index (χ0v) is 31.5. The van der Waals surface area contributed by atoms with E-state index in [1.807, 2.05) is 0 Å². The van der Waals surface area contributed by atoms with Crippen LogP contribution < -0.4 is 15.4 Å². The molecule has 0 bridgehead atoms. The van der Waals surface area contributed by atoms with Crippen LogP contribution in [0.2, 0.25) is 0 Å². The monoisotopic (exact) mass is 774 g/mol. The van der Waals surface area contributed by atoms with E-state index in [-0.39, 0.29) is 51.5 Å². The Morgan fingerprint density at radius 2 is 1.69 bits per heavy atom. The van der Waals surface area contributed by atoms with Crippen LogP contribution in [0.15, 0.2) is 30.9 Å². The van der Waals surface area contributed by atoms with Gasteiger partial charge in [-0.3, -0.25) is 19.3 Å². The lowest BCUT2D eigenvalue weighted by molar-refractivity contribution is -0.141. The van der Waals surface area contributed by atoms with Gasteiger partial charge in [0.1, 0.15) is 35.6 Å². The van der Waals surface area contributed by atoms with Crippen molar-refractivity contribution in [3.63, 3.8) is 0 Å². The largest absolute Gasteiger partial charge is 0.446 e. The third-order valence-corrected chi connectivity index (χ3v) is 12.8. The lowest BCUT2D eigenvalue weighted by Crippen LogP contribution is -2.59. The fourth-order valence-electron chi connectivity index (χ4n) is 8.03. The number of hydrogen-bond donors (Lipinski definition) is 3. The number of nitrogens with zero attached hydrogens (tertiary/aromatic N) is 3. The van der Waals surface area contributed by atoms with Crippen LogP contribution >= 0.6 is 0 Å². The second kappa shape index (κ2) is 16.6. The minimum atomic E-state index is -4.24. The Bertz CT molecular complexity index is 1740. The molecule has 3 aliphatic heterocycles. The van der Waals surface area contributed by atoms with Crippen LogP contribution in [0, 0.1) is 11.7 Å². The maximum absolute atomic E-state index is 14.4. The van der Waals surface area contributed by atoms with Crippen LogP contribution in [0.25, 0.3) is 0 Å². The normalized spacial score (nSPS) is 29.9. The van der Waals surface area contributed by atoms with Gasteiger partial charge in [-0.15, -0.1) is 6.58 Å². The Balaban J connectivity index is 1.25. The molecule has 1 aromatic carbocycles. The first-order valence-electron chi connectivity index (χ1n) is 19.0. The van der Waals surface area contributed by atoms with Crippen molar-refractivity contribution >= 4 is 40.1 Å². The Labute approximate surface area is 315 Å². The number of rotatable bonds is 4. The van der Waals surface area contributed by atoms with Gasteiger partial charge < -0.3 is 25.0 Å². The van der Waals surface area contributed by atoms with Crippen molar-refractivity contribution in [3.8, 4) is 0 Å². The molecule has 17 heteroatoms. The zero-order valence-electron chi connectivity index (χ0n) is 30.7. The van der Waals surface area contributed by atoms with Crippen molar-refractivity contribution < 1.29 is 46.3 Å². The average molecular weight is 775 g/mol. The van der Waals surface area contributed by atoms with Crippen LogP contribution in [0.4, 0.5) is 14.0 Å². The van der Waals surface area contributed by atoms with Crippen molar-refractivity contribution in [3.05, 3.63) is 47.8 Å². The number of amides is 5. The predicted molar refractivity (Wildman–Crippen MR) is 193 cm³/mol. The lowest BCUT2D eigenvalue weighted by atomic mass is 10.0. The maximum Gasteiger partial charge on any atom is 0.410 e. The highest BCUT2D eigenvalue weighted by Crippen LogP contribution is 2.45. The van der Waals surface area contributed by atoms with Crippen LogP contribution in [-0.4, -0.2) is 102 Å².